The average molecular weight is 166 g/mol. The molecular weight excluding hydrogens is 155 g/mol. The van der Waals surface area contributed by atoms with Crippen LogP contribution in [0.1, 0.15) is 12.5 Å². The highest BCUT2D eigenvalue weighted by molar-refractivity contribution is 6.34. The summed E-state index contributed by atoms with van der Waals surface area (Å²) in [4.78, 5) is 0. The molecule has 64 valence electrons. The van der Waals surface area contributed by atoms with Crippen LogP contribution in [0.15, 0.2) is 6.07 Å². The van der Waals surface area contributed by atoms with E-state index in [4.69, 9.17) is 0 Å². The van der Waals surface area contributed by atoms with E-state index in [2.05, 4.69) is 0 Å². The van der Waals surface area contributed by atoms with Gasteiger partial charge in [-0.25, -0.2) is 0 Å². The Hall–Kier alpha value is -1.32. The molecule has 0 spiro atoms. The molecule has 0 atom stereocenters. The molecule has 0 saturated carbocycles. The molecule has 0 aromatic heterocycles. The number of benzene rings is 1. The number of aromatic hydroxyl groups is 3. The van der Waals surface area contributed by atoms with Gasteiger partial charge in [0.05, 0.1) is 0 Å². The topological polar surface area (TPSA) is 60.7 Å². The van der Waals surface area contributed by atoms with Crippen molar-refractivity contribution in [2.24, 2.45) is 0 Å². The molecule has 1 aromatic rings. The number of rotatable bonds is 1. The molecule has 1 aromatic carbocycles. The molecular formula is C8H11BO3. The molecule has 0 fully saturated rings. The zero-order chi connectivity index (χ0) is 9.30. The Morgan fingerprint density at radius 1 is 1.25 bits per heavy atom. The largest absolute Gasteiger partial charge is 0.508 e. The van der Waals surface area contributed by atoms with Crippen LogP contribution >= 0.6 is 0 Å². The average Bonchev–Trinajstić information content (AvgIpc) is 2.01. The second-order valence-corrected chi connectivity index (χ2v) is 2.74. The summed E-state index contributed by atoms with van der Waals surface area (Å²) >= 11 is 0. The van der Waals surface area contributed by atoms with Crippen LogP contribution in [0.25, 0.3) is 0 Å². The van der Waals surface area contributed by atoms with Crippen LogP contribution in [0.3, 0.4) is 0 Å². The Morgan fingerprint density at radius 3 is 2.33 bits per heavy atom. The fourth-order valence-corrected chi connectivity index (χ4v) is 1.16. The molecule has 0 aliphatic rings. The normalized spacial score (nSPS) is 10.1. The summed E-state index contributed by atoms with van der Waals surface area (Å²) in [7, 11) is 1.62. The van der Waals surface area contributed by atoms with Gasteiger partial charge in [0.15, 0.2) is 11.5 Å². The quantitative estimate of drug-likeness (QED) is 0.303. The maximum Gasteiger partial charge on any atom is 0.163 e. The van der Waals surface area contributed by atoms with Gasteiger partial charge < -0.3 is 15.3 Å². The zero-order valence-corrected chi connectivity index (χ0v) is 7.13. The van der Waals surface area contributed by atoms with Crippen LogP contribution in [0.2, 0.25) is 0 Å². The summed E-state index contributed by atoms with van der Waals surface area (Å²) in [5.74, 6) is -0.329. The lowest BCUT2D eigenvalue weighted by atomic mass is 9.92. The van der Waals surface area contributed by atoms with Gasteiger partial charge in [-0.3, -0.25) is 0 Å². The number of phenolic OH excluding ortho intramolecular Hbond substituents is 3. The van der Waals surface area contributed by atoms with Gasteiger partial charge in [0.2, 0.25) is 0 Å². The first-order valence-corrected chi connectivity index (χ1v) is 3.81. The summed E-state index contributed by atoms with van der Waals surface area (Å²) in [5.41, 5.74) is 0.861. The van der Waals surface area contributed by atoms with Crippen molar-refractivity contribution in [3.63, 3.8) is 0 Å². The van der Waals surface area contributed by atoms with Crippen LogP contribution in [0.5, 0.6) is 17.2 Å². The van der Waals surface area contributed by atoms with Gasteiger partial charge in [0.1, 0.15) is 13.6 Å². The second kappa shape index (κ2) is 2.97. The third-order valence-corrected chi connectivity index (χ3v) is 1.90. The summed E-state index contributed by atoms with van der Waals surface area (Å²) in [6.45, 7) is 1.80. The molecule has 3 nitrogen and oxygen atoms in total. The Morgan fingerprint density at radius 2 is 1.83 bits per heavy atom. The first-order chi connectivity index (χ1) is 5.57. The summed E-state index contributed by atoms with van der Waals surface area (Å²) in [6, 6.07) is 1.44. The van der Waals surface area contributed by atoms with Crippen LogP contribution in [-0.4, -0.2) is 23.2 Å². The van der Waals surface area contributed by atoms with Crippen molar-refractivity contribution < 1.29 is 15.3 Å². The molecule has 0 aliphatic heterocycles. The molecule has 0 amide bonds. The Kier molecular flexibility index (Phi) is 2.17. The van der Waals surface area contributed by atoms with Gasteiger partial charge in [-0.15, -0.1) is 0 Å². The van der Waals surface area contributed by atoms with Crippen molar-refractivity contribution in [3.05, 3.63) is 11.6 Å². The minimum atomic E-state index is -0.213. The molecule has 0 radical (unpaired) electrons. The first kappa shape index (κ1) is 8.78. The molecule has 4 heteroatoms. The maximum absolute atomic E-state index is 9.35. The molecule has 3 N–H and O–H groups in total. The van der Waals surface area contributed by atoms with Gasteiger partial charge in [-0.2, -0.15) is 0 Å². The summed E-state index contributed by atoms with van der Waals surface area (Å²) in [5, 5.41) is 28.0. The standard InChI is InChI=1S/C8H11BO3/c1-2-4-6(10)3-5(9)8(12)7(4)11/h3,10-12H,2,9H2,1H3. The van der Waals surface area contributed by atoms with E-state index in [0.29, 0.717) is 17.4 Å². The van der Waals surface area contributed by atoms with Crippen LogP contribution in [-0.2, 0) is 6.42 Å². The maximum atomic E-state index is 9.35. The van der Waals surface area contributed by atoms with Crippen molar-refractivity contribution >= 4 is 13.3 Å². The minimum Gasteiger partial charge on any atom is -0.508 e. The van der Waals surface area contributed by atoms with E-state index < -0.39 is 0 Å². The molecule has 0 unspecified atom stereocenters. The fourth-order valence-electron chi connectivity index (χ4n) is 1.16. The van der Waals surface area contributed by atoms with E-state index in [9.17, 15) is 15.3 Å². The predicted octanol–water partition coefficient (Wildman–Crippen LogP) is -0.376. The lowest BCUT2D eigenvalue weighted by Crippen LogP contribution is -2.03. The molecule has 0 heterocycles. The monoisotopic (exact) mass is 166 g/mol. The van der Waals surface area contributed by atoms with Crippen LogP contribution < -0.4 is 5.46 Å². The van der Waals surface area contributed by atoms with E-state index in [0.717, 1.165) is 0 Å². The third kappa shape index (κ3) is 1.20. The van der Waals surface area contributed by atoms with Gasteiger partial charge in [-0.1, -0.05) is 6.92 Å². The SMILES string of the molecule is Bc1cc(O)c(CC)c(O)c1O. The van der Waals surface area contributed by atoms with Crippen LogP contribution in [0.4, 0.5) is 0 Å². The third-order valence-electron chi connectivity index (χ3n) is 1.90. The summed E-state index contributed by atoms with van der Waals surface area (Å²) in [6.07, 6.45) is 0.492. The second-order valence-electron chi connectivity index (χ2n) is 2.74. The lowest BCUT2D eigenvalue weighted by molar-refractivity contribution is 0.393. The Balaban J connectivity index is 3.40. The van der Waals surface area contributed by atoms with Gasteiger partial charge >= 0.3 is 0 Å². The minimum absolute atomic E-state index is 0.0327. The van der Waals surface area contributed by atoms with E-state index in [-0.39, 0.29) is 17.2 Å². The van der Waals surface area contributed by atoms with Crippen LogP contribution in [0, 0.1) is 0 Å². The number of hydrogen-bond donors (Lipinski definition) is 3. The van der Waals surface area contributed by atoms with Gasteiger partial charge in [0.25, 0.3) is 0 Å². The highest BCUT2D eigenvalue weighted by Crippen LogP contribution is 2.33. The van der Waals surface area contributed by atoms with Crippen molar-refractivity contribution in [1.82, 2.24) is 0 Å². The van der Waals surface area contributed by atoms with E-state index in [1.165, 1.54) is 6.07 Å². The smallest absolute Gasteiger partial charge is 0.163 e. The van der Waals surface area contributed by atoms with Crippen molar-refractivity contribution in [2.45, 2.75) is 13.3 Å². The van der Waals surface area contributed by atoms with Crippen molar-refractivity contribution in [3.8, 4) is 17.2 Å². The lowest BCUT2D eigenvalue weighted by Gasteiger charge is -2.08. The highest BCUT2D eigenvalue weighted by atomic mass is 16.3. The van der Waals surface area contributed by atoms with E-state index in [1.54, 1.807) is 14.8 Å². The van der Waals surface area contributed by atoms with Crippen molar-refractivity contribution in [2.75, 3.05) is 0 Å². The number of phenols is 3. The molecule has 0 bridgehead atoms. The zero-order valence-electron chi connectivity index (χ0n) is 7.13. The molecule has 12 heavy (non-hydrogen) atoms. The van der Waals surface area contributed by atoms with Crippen molar-refractivity contribution in [1.29, 1.82) is 0 Å². The molecule has 0 aliphatic carbocycles. The van der Waals surface area contributed by atoms with E-state index in [1.807, 2.05) is 0 Å². The first-order valence-electron chi connectivity index (χ1n) is 3.81. The fraction of sp³-hybridized carbons (Fsp3) is 0.250. The Labute approximate surface area is 71.7 Å². The Bertz CT molecular complexity index is 310. The number of hydrogen-bond acceptors (Lipinski definition) is 3. The predicted molar refractivity (Wildman–Crippen MR) is 49.0 cm³/mol. The molecule has 0 saturated heterocycles. The van der Waals surface area contributed by atoms with Gasteiger partial charge in [-0.05, 0) is 17.9 Å². The highest BCUT2D eigenvalue weighted by Gasteiger charge is 2.12. The molecule has 1 rings (SSSR count). The summed E-state index contributed by atoms with van der Waals surface area (Å²) < 4.78 is 0. The van der Waals surface area contributed by atoms with E-state index >= 15 is 0 Å². The van der Waals surface area contributed by atoms with Gasteiger partial charge in [0, 0.05) is 5.56 Å².